The summed E-state index contributed by atoms with van der Waals surface area (Å²) in [6.45, 7) is 5.25. The van der Waals surface area contributed by atoms with E-state index < -0.39 is 6.04 Å². The molecule has 0 spiro atoms. The first-order valence-corrected chi connectivity index (χ1v) is 11.6. The number of hydrogen-bond acceptors (Lipinski definition) is 5. The summed E-state index contributed by atoms with van der Waals surface area (Å²) in [7, 11) is 1.58. The molecule has 7 heteroatoms. The number of carbonyl (C=O) groups excluding carboxylic acids is 1. The molecule has 6 nitrogen and oxygen atoms in total. The fourth-order valence-corrected chi connectivity index (χ4v) is 4.39. The van der Waals surface area contributed by atoms with Crippen molar-refractivity contribution in [1.29, 1.82) is 0 Å². The summed E-state index contributed by atoms with van der Waals surface area (Å²) in [5, 5.41) is 0.844. The number of unbranched alkanes of at least 4 members (excludes halogenated alkanes) is 2. The Morgan fingerprint density at radius 3 is 2.70 bits per heavy atom. The van der Waals surface area contributed by atoms with Crippen molar-refractivity contribution in [2.45, 2.75) is 39.2 Å². The number of halogens is 1. The van der Waals surface area contributed by atoms with Gasteiger partial charge in [0.1, 0.15) is 11.3 Å². The van der Waals surface area contributed by atoms with E-state index in [1.165, 1.54) is 0 Å². The molecular formula is C26H28ClNO5. The standard InChI is InChI=1S/C26H28ClNO5/c1-4-5-6-11-32-18-9-7-8-17(14-18)23-22-24(29)19-15-20(27)16(2)13-21(19)33-25(22)26(30)28(23)10-12-31-3/h7-9,13-15,23H,4-6,10-12H2,1-3H3. The monoisotopic (exact) mass is 469 g/mol. The lowest BCUT2D eigenvalue weighted by molar-refractivity contribution is 0.0663. The normalized spacial score (nSPS) is 15.3. The average Bonchev–Trinajstić information content (AvgIpc) is 3.09. The van der Waals surface area contributed by atoms with Gasteiger partial charge < -0.3 is 18.8 Å². The summed E-state index contributed by atoms with van der Waals surface area (Å²) in [5.41, 5.74) is 2.00. The maximum absolute atomic E-state index is 13.6. The number of methoxy groups -OCH3 is 1. The quantitative estimate of drug-likeness (QED) is 0.386. The highest BCUT2D eigenvalue weighted by molar-refractivity contribution is 6.32. The molecule has 1 amide bonds. The number of nitrogens with zero attached hydrogens (tertiary/aromatic N) is 1. The van der Waals surface area contributed by atoms with E-state index in [2.05, 4.69) is 6.92 Å². The molecule has 1 atom stereocenters. The molecule has 3 aromatic rings. The molecule has 1 aromatic heterocycles. The first kappa shape index (κ1) is 23.3. The second kappa shape index (κ2) is 9.98. The van der Waals surface area contributed by atoms with Crippen molar-refractivity contribution in [3.05, 3.63) is 74.1 Å². The first-order valence-electron chi connectivity index (χ1n) is 11.3. The van der Waals surface area contributed by atoms with Gasteiger partial charge in [0.2, 0.25) is 5.76 Å². The molecule has 0 aliphatic carbocycles. The number of hydrogen-bond donors (Lipinski definition) is 0. The third-order valence-corrected chi connectivity index (χ3v) is 6.38. The van der Waals surface area contributed by atoms with Crippen LogP contribution in [-0.2, 0) is 4.74 Å². The van der Waals surface area contributed by atoms with Gasteiger partial charge in [-0.1, -0.05) is 43.5 Å². The zero-order valence-corrected chi connectivity index (χ0v) is 19.9. The van der Waals surface area contributed by atoms with E-state index in [1.54, 1.807) is 24.1 Å². The van der Waals surface area contributed by atoms with E-state index >= 15 is 0 Å². The third kappa shape index (κ3) is 4.50. The second-order valence-corrected chi connectivity index (χ2v) is 8.70. The highest BCUT2D eigenvalue weighted by atomic mass is 35.5. The fourth-order valence-electron chi connectivity index (χ4n) is 4.22. The number of benzene rings is 2. The molecule has 0 radical (unpaired) electrons. The number of amides is 1. The van der Waals surface area contributed by atoms with E-state index in [1.807, 2.05) is 31.2 Å². The number of carbonyl (C=O) groups is 1. The highest BCUT2D eigenvalue weighted by Gasteiger charge is 2.42. The van der Waals surface area contributed by atoms with E-state index in [0.29, 0.717) is 47.1 Å². The molecule has 0 N–H and O–H groups in total. The molecule has 1 unspecified atom stereocenters. The van der Waals surface area contributed by atoms with Crippen LogP contribution in [0.1, 0.15) is 59.5 Å². The van der Waals surface area contributed by atoms with Crippen molar-refractivity contribution in [1.82, 2.24) is 4.90 Å². The first-order chi connectivity index (χ1) is 16.0. The molecule has 0 saturated carbocycles. The lowest BCUT2D eigenvalue weighted by atomic mass is 9.98. The van der Waals surface area contributed by atoms with Crippen molar-refractivity contribution in [3.63, 3.8) is 0 Å². The molecule has 1 aliphatic heterocycles. The summed E-state index contributed by atoms with van der Waals surface area (Å²) in [6.07, 6.45) is 3.19. The van der Waals surface area contributed by atoms with Crippen LogP contribution in [0.4, 0.5) is 0 Å². The minimum atomic E-state index is -0.595. The predicted octanol–water partition coefficient (Wildman–Crippen LogP) is 5.52. The van der Waals surface area contributed by atoms with E-state index in [-0.39, 0.29) is 17.1 Å². The van der Waals surface area contributed by atoms with Crippen LogP contribution in [0.3, 0.4) is 0 Å². The lowest BCUT2D eigenvalue weighted by Crippen LogP contribution is -2.32. The molecule has 2 heterocycles. The van der Waals surface area contributed by atoms with Gasteiger partial charge in [-0.15, -0.1) is 0 Å². The van der Waals surface area contributed by atoms with Crippen molar-refractivity contribution in [2.75, 3.05) is 26.9 Å². The number of rotatable bonds is 9. The predicted molar refractivity (Wildman–Crippen MR) is 128 cm³/mol. The van der Waals surface area contributed by atoms with Crippen LogP contribution in [0.5, 0.6) is 5.75 Å². The van der Waals surface area contributed by atoms with Crippen molar-refractivity contribution >= 4 is 28.5 Å². The Bertz CT molecular complexity index is 1240. The largest absolute Gasteiger partial charge is 0.494 e. The van der Waals surface area contributed by atoms with Crippen LogP contribution >= 0.6 is 11.6 Å². The zero-order chi connectivity index (χ0) is 23.5. The minimum absolute atomic E-state index is 0.0737. The number of aryl methyl sites for hydroxylation is 1. The van der Waals surface area contributed by atoms with Gasteiger partial charge in [0.05, 0.1) is 30.2 Å². The molecule has 0 saturated heterocycles. The Morgan fingerprint density at radius 1 is 1.12 bits per heavy atom. The molecule has 174 valence electrons. The van der Waals surface area contributed by atoms with Gasteiger partial charge in [-0.2, -0.15) is 0 Å². The third-order valence-electron chi connectivity index (χ3n) is 5.97. The number of fused-ring (bicyclic) bond motifs is 2. The average molecular weight is 470 g/mol. The highest BCUT2D eigenvalue weighted by Crippen LogP contribution is 2.39. The molecule has 0 fully saturated rings. The smallest absolute Gasteiger partial charge is 0.290 e. The van der Waals surface area contributed by atoms with Gasteiger partial charge >= 0.3 is 0 Å². The van der Waals surface area contributed by atoms with Gasteiger partial charge in [0.15, 0.2) is 5.43 Å². The Labute approximate surface area is 198 Å². The maximum atomic E-state index is 13.6. The minimum Gasteiger partial charge on any atom is -0.494 e. The SMILES string of the molecule is CCCCCOc1cccc(C2c3c(oc4cc(C)c(Cl)cc4c3=O)C(=O)N2CCOC)c1. The van der Waals surface area contributed by atoms with E-state index in [4.69, 9.17) is 25.5 Å². The topological polar surface area (TPSA) is 69.0 Å². The molecule has 0 bridgehead atoms. The molecule has 33 heavy (non-hydrogen) atoms. The summed E-state index contributed by atoms with van der Waals surface area (Å²) in [4.78, 5) is 28.6. The van der Waals surface area contributed by atoms with E-state index in [0.717, 1.165) is 30.4 Å². The molecule has 1 aliphatic rings. The van der Waals surface area contributed by atoms with Crippen LogP contribution in [0.2, 0.25) is 5.02 Å². The Balaban J connectivity index is 1.82. The summed E-state index contributed by atoms with van der Waals surface area (Å²) >= 11 is 6.29. The van der Waals surface area contributed by atoms with Crippen LogP contribution in [0, 0.1) is 6.92 Å². The Morgan fingerprint density at radius 2 is 1.94 bits per heavy atom. The van der Waals surface area contributed by atoms with Crippen LogP contribution in [-0.4, -0.2) is 37.7 Å². The van der Waals surface area contributed by atoms with Crippen LogP contribution < -0.4 is 10.2 Å². The number of ether oxygens (including phenoxy) is 2. The molecule has 4 rings (SSSR count). The lowest BCUT2D eigenvalue weighted by Gasteiger charge is -2.25. The Kier molecular flexibility index (Phi) is 7.05. The van der Waals surface area contributed by atoms with Crippen molar-refractivity contribution in [3.8, 4) is 5.75 Å². The Hall–Kier alpha value is -2.83. The molecule has 2 aromatic carbocycles. The van der Waals surface area contributed by atoms with Gasteiger partial charge in [-0.05, 0) is 48.7 Å². The van der Waals surface area contributed by atoms with Crippen molar-refractivity contribution < 1.29 is 18.7 Å². The molecular weight excluding hydrogens is 442 g/mol. The van der Waals surface area contributed by atoms with Crippen molar-refractivity contribution in [2.24, 2.45) is 0 Å². The second-order valence-electron chi connectivity index (χ2n) is 8.29. The van der Waals surface area contributed by atoms with Gasteiger partial charge in [0.25, 0.3) is 5.91 Å². The summed E-state index contributed by atoms with van der Waals surface area (Å²) < 4.78 is 17.1. The summed E-state index contributed by atoms with van der Waals surface area (Å²) in [5.74, 6) is 0.456. The van der Waals surface area contributed by atoms with Gasteiger partial charge in [-0.3, -0.25) is 9.59 Å². The van der Waals surface area contributed by atoms with E-state index in [9.17, 15) is 9.59 Å². The fraction of sp³-hybridized carbons (Fsp3) is 0.385. The van der Waals surface area contributed by atoms with Gasteiger partial charge in [0, 0.05) is 18.7 Å². The summed E-state index contributed by atoms with van der Waals surface area (Å²) in [6, 6.07) is 10.3. The van der Waals surface area contributed by atoms with Crippen LogP contribution in [0.25, 0.3) is 11.0 Å². The maximum Gasteiger partial charge on any atom is 0.290 e. The zero-order valence-electron chi connectivity index (χ0n) is 19.2. The van der Waals surface area contributed by atoms with Gasteiger partial charge in [-0.25, -0.2) is 0 Å². The van der Waals surface area contributed by atoms with Crippen LogP contribution in [0.15, 0.2) is 45.6 Å².